The molecular formula is C23H30Cl2N2O3. The maximum atomic E-state index is 12.9. The highest BCUT2D eigenvalue weighted by Gasteiger charge is 2.50. The number of carbonyl (C=O) groups is 1. The van der Waals surface area contributed by atoms with Crippen molar-refractivity contribution < 1.29 is 14.3 Å². The molecule has 1 heterocycles. The van der Waals surface area contributed by atoms with Crippen molar-refractivity contribution in [3.8, 4) is 5.75 Å². The van der Waals surface area contributed by atoms with Gasteiger partial charge in [0.1, 0.15) is 5.75 Å². The second-order valence-electron chi connectivity index (χ2n) is 7.53. The van der Waals surface area contributed by atoms with Gasteiger partial charge < -0.3 is 19.7 Å². The molecule has 0 saturated carbocycles. The summed E-state index contributed by atoms with van der Waals surface area (Å²) < 4.78 is 11.6. The van der Waals surface area contributed by atoms with Crippen molar-refractivity contribution in [3.05, 3.63) is 59.1 Å². The van der Waals surface area contributed by atoms with Crippen molar-refractivity contribution in [1.29, 1.82) is 0 Å². The van der Waals surface area contributed by atoms with E-state index in [1.165, 1.54) is 0 Å². The van der Waals surface area contributed by atoms with Gasteiger partial charge in [-0.3, -0.25) is 4.79 Å². The Labute approximate surface area is 190 Å². The normalized spacial score (nSPS) is 18.2. The quantitative estimate of drug-likeness (QED) is 0.421. The number of halogens is 2. The number of amides is 1. The summed E-state index contributed by atoms with van der Waals surface area (Å²) in [5, 5.41) is 4.09. The first-order valence-electron chi connectivity index (χ1n) is 10.1. The molecule has 0 aliphatic carbocycles. The topological polar surface area (TPSA) is 50.8 Å². The van der Waals surface area contributed by atoms with Crippen LogP contribution in [0.1, 0.15) is 25.8 Å². The zero-order chi connectivity index (χ0) is 20.8. The molecular weight excluding hydrogens is 423 g/mol. The van der Waals surface area contributed by atoms with E-state index in [0.717, 1.165) is 30.8 Å². The Morgan fingerprint density at radius 3 is 2.50 bits per heavy atom. The van der Waals surface area contributed by atoms with Crippen molar-refractivity contribution in [2.24, 2.45) is 0 Å². The third-order valence-corrected chi connectivity index (χ3v) is 5.17. The summed E-state index contributed by atoms with van der Waals surface area (Å²) in [4.78, 5) is 14.8. The molecule has 2 unspecified atom stereocenters. The van der Waals surface area contributed by atoms with Crippen LogP contribution in [-0.2, 0) is 9.53 Å². The number of carbonyl (C=O) groups excluding carboxylic acids is 1. The van der Waals surface area contributed by atoms with Gasteiger partial charge in [0.2, 0.25) is 0 Å². The Bertz CT molecular complexity index is 814. The van der Waals surface area contributed by atoms with E-state index in [0.29, 0.717) is 17.3 Å². The van der Waals surface area contributed by atoms with Crippen molar-refractivity contribution >= 4 is 35.6 Å². The van der Waals surface area contributed by atoms with Gasteiger partial charge in [0.15, 0.2) is 6.10 Å². The van der Waals surface area contributed by atoms with Crippen LogP contribution in [-0.4, -0.2) is 43.9 Å². The lowest BCUT2D eigenvalue weighted by atomic mass is 9.95. The molecule has 0 aromatic heterocycles. The molecule has 1 aliphatic rings. The van der Waals surface area contributed by atoms with Crippen molar-refractivity contribution in [2.45, 2.75) is 45.4 Å². The van der Waals surface area contributed by atoms with Gasteiger partial charge in [-0.15, -0.1) is 12.4 Å². The zero-order valence-electron chi connectivity index (χ0n) is 17.6. The van der Waals surface area contributed by atoms with E-state index in [2.05, 4.69) is 5.32 Å². The second-order valence-corrected chi connectivity index (χ2v) is 7.97. The molecule has 2 atom stereocenters. The Hall–Kier alpha value is -1.79. The minimum Gasteiger partial charge on any atom is -0.478 e. The predicted molar refractivity (Wildman–Crippen MR) is 124 cm³/mol. The number of benzene rings is 2. The lowest BCUT2D eigenvalue weighted by molar-refractivity contribution is -0.134. The SMILES string of the molecule is Cc1ccccc1N1C(=O)C(Oc2ccc(Cl)cc2)C1CNCCCOC(C)C.Cl. The number of rotatable bonds is 10. The van der Waals surface area contributed by atoms with Crippen LogP contribution in [0, 0.1) is 6.92 Å². The van der Waals surface area contributed by atoms with Gasteiger partial charge in [0.25, 0.3) is 5.91 Å². The predicted octanol–water partition coefficient (Wildman–Crippen LogP) is 4.64. The molecule has 1 fully saturated rings. The highest BCUT2D eigenvalue weighted by Crippen LogP contribution is 2.33. The second kappa shape index (κ2) is 11.6. The van der Waals surface area contributed by atoms with E-state index in [1.54, 1.807) is 24.3 Å². The average molecular weight is 453 g/mol. The van der Waals surface area contributed by atoms with E-state index < -0.39 is 6.10 Å². The monoisotopic (exact) mass is 452 g/mol. The van der Waals surface area contributed by atoms with Crippen LogP contribution in [0.25, 0.3) is 0 Å². The molecule has 3 rings (SSSR count). The Morgan fingerprint density at radius 2 is 1.83 bits per heavy atom. The number of anilines is 1. The summed E-state index contributed by atoms with van der Waals surface area (Å²) in [6.45, 7) is 8.29. The van der Waals surface area contributed by atoms with E-state index in [-0.39, 0.29) is 30.5 Å². The van der Waals surface area contributed by atoms with Crippen LogP contribution in [0.2, 0.25) is 5.02 Å². The van der Waals surface area contributed by atoms with E-state index in [9.17, 15) is 4.79 Å². The maximum Gasteiger partial charge on any atom is 0.270 e. The van der Waals surface area contributed by atoms with Crippen LogP contribution < -0.4 is 15.0 Å². The summed E-state index contributed by atoms with van der Waals surface area (Å²) >= 11 is 5.95. The molecule has 1 aliphatic heterocycles. The number of nitrogens with zero attached hydrogens (tertiary/aromatic N) is 1. The lowest BCUT2D eigenvalue weighted by Gasteiger charge is -2.47. The Morgan fingerprint density at radius 1 is 1.13 bits per heavy atom. The standard InChI is InChI=1S/C23H29ClN2O3.ClH/c1-16(2)28-14-6-13-25-15-21-22(29-19-11-9-18(24)10-12-19)23(27)26(21)20-8-5-4-7-17(20)3;/h4-5,7-12,16,21-22,25H,6,13-15H2,1-3H3;1H. The number of β-lactam (4-membered cyclic amide) rings is 1. The molecule has 0 spiro atoms. The number of ether oxygens (including phenoxy) is 2. The fourth-order valence-corrected chi connectivity index (χ4v) is 3.53. The van der Waals surface area contributed by atoms with Gasteiger partial charge in [-0.1, -0.05) is 29.8 Å². The molecule has 2 aromatic rings. The van der Waals surface area contributed by atoms with Crippen LogP contribution in [0.3, 0.4) is 0 Å². The van der Waals surface area contributed by atoms with Gasteiger partial charge in [0.05, 0.1) is 12.1 Å². The zero-order valence-corrected chi connectivity index (χ0v) is 19.2. The van der Waals surface area contributed by atoms with E-state index in [4.69, 9.17) is 21.1 Å². The Balaban J connectivity index is 0.00000320. The molecule has 0 radical (unpaired) electrons. The lowest BCUT2D eigenvalue weighted by Crippen LogP contribution is -2.70. The first-order valence-corrected chi connectivity index (χ1v) is 10.5. The van der Waals surface area contributed by atoms with E-state index >= 15 is 0 Å². The molecule has 30 heavy (non-hydrogen) atoms. The van der Waals surface area contributed by atoms with Crippen molar-refractivity contribution in [3.63, 3.8) is 0 Å². The molecule has 0 bridgehead atoms. The fourth-order valence-electron chi connectivity index (χ4n) is 3.40. The number of nitrogens with one attached hydrogen (secondary N) is 1. The van der Waals surface area contributed by atoms with Crippen LogP contribution >= 0.6 is 24.0 Å². The maximum absolute atomic E-state index is 12.9. The molecule has 1 saturated heterocycles. The molecule has 1 N–H and O–H groups in total. The average Bonchev–Trinajstić information content (AvgIpc) is 2.70. The summed E-state index contributed by atoms with van der Waals surface area (Å²) in [5.74, 6) is 0.622. The minimum absolute atomic E-state index is 0. The number of hydrogen-bond donors (Lipinski definition) is 1. The van der Waals surface area contributed by atoms with Gasteiger partial charge in [-0.05, 0) is 69.6 Å². The fraction of sp³-hybridized carbons (Fsp3) is 0.435. The summed E-state index contributed by atoms with van der Waals surface area (Å²) in [7, 11) is 0. The number of aryl methyl sites for hydroxylation is 1. The third-order valence-electron chi connectivity index (χ3n) is 4.92. The first-order chi connectivity index (χ1) is 14.0. The van der Waals surface area contributed by atoms with Gasteiger partial charge >= 0.3 is 0 Å². The van der Waals surface area contributed by atoms with Crippen LogP contribution in [0.5, 0.6) is 5.75 Å². The number of para-hydroxylation sites is 1. The van der Waals surface area contributed by atoms with Crippen LogP contribution in [0.4, 0.5) is 5.69 Å². The molecule has 2 aromatic carbocycles. The molecule has 1 amide bonds. The van der Waals surface area contributed by atoms with E-state index in [1.807, 2.05) is 49.9 Å². The highest BCUT2D eigenvalue weighted by atomic mass is 35.5. The summed E-state index contributed by atoms with van der Waals surface area (Å²) in [5.41, 5.74) is 2.00. The van der Waals surface area contributed by atoms with Crippen molar-refractivity contribution in [2.75, 3.05) is 24.6 Å². The van der Waals surface area contributed by atoms with Gasteiger partial charge in [0, 0.05) is 23.9 Å². The highest BCUT2D eigenvalue weighted by molar-refractivity contribution is 6.30. The van der Waals surface area contributed by atoms with Gasteiger partial charge in [-0.25, -0.2) is 0 Å². The minimum atomic E-state index is -0.518. The number of hydrogen-bond acceptors (Lipinski definition) is 4. The third kappa shape index (κ3) is 6.11. The summed E-state index contributed by atoms with van der Waals surface area (Å²) in [6, 6.07) is 15.0. The van der Waals surface area contributed by atoms with Crippen molar-refractivity contribution in [1.82, 2.24) is 5.32 Å². The smallest absolute Gasteiger partial charge is 0.270 e. The first kappa shape index (κ1) is 24.5. The summed E-state index contributed by atoms with van der Waals surface area (Å²) in [6.07, 6.45) is 0.648. The molecule has 164 valence electrons. The van der Waals surface area contributed by atoms with Gasteiger partial charge in [-0.2, -0.15) is 0 Å². The Kier molecular flexibility index (Phi) is 9.43. The largest absolute Gasteiger partial charge is 0.478 e. The van der Waals surface area contributed by atoms with Crippen LogP contribution in [0.15, 0.2) is 48.5 Å². The molecule has 5 nitrogen and oxygen atoms in total. The molecule has 7 heteroatoms.